The van der Waals surface area contributed by atoms with Gasteiger partial charge in [0.2, 0.25) is 0 Å². The van der Waals surface area contributed by atoms with E-state index < -0.39 is 40.3 Å². The Bertz CT molecular complexity index is 1300. The van der Waals surface area contributed by atoms with Crippen LogP contribution in [0.5, 0.6) is 11.5 Å². The van der Waals surface area contributed by atoms with Gasteiger partial charge in [-0.05, 0) is 48.5 Å². The average Bonchev–Trinajstić information content (AvgIpc) is 3.24. The molecule has 0 spiro atoms. The lowest BCUT2D eigenvalue weighted by Gasteiger charge is -2.37. The molecular formula is C27H36N3O7PSi. The van der Waals surface area contributed by atoms with Crippen molar-refractivity contribution in [2.45, 2.75) is 63.8 Å². The number of nitrogens with zero attached hydrogens (tertiary/aromatic N) is 2. The molecule has 0 radical (unpaired) electrons. The molecular weight excluding hydrogens is 537 g/mol. The van der Waals surface area contributed by atoms with Gasteiger partial charge >= 0.3 is 13.5 Å². The van der Waals surface area contributed by atoms with E-state index in [4.69, 9.17) is 28.5 Å². The Kier molecular flexibility index (Phi) is 8.68. The monoisotopic (exact) mass is 573 g/mol. The van der Waals surface area contributed by atoms with E-state index in [-0.39, 0.29) is 23.9 Å². The van der Waals surface area contributed by atoms with E-state index in [1.54, 1.807) is 48.5 Å². The SMILES string of the molecule is CC(C)(C)[Si](C)(C)OC[C@H]1O[C@@H](n2ccc(N)nc2=O)C[C@@H]1OP(=O)(Oc1ccccc1)Oc1ccccc1. The van der Waals surface area contributed by atoms with E-state index in [1.807, 2.05) is 12.1 Å². The predicted octanol–water partition coefficient (Wildman–Crippen LogP) is 5.79. The Balaban J connectivity index is 1.63. The Hall–Kier alpha value is -2.95. The Morgan fingerprint density at radius 2 is 1.59 bits per heavy atom. The molecule has 39 heavy (non-hydrogen) atoms. The number of hydrogen-bond acceptors (Lipinski definition) is 9. The summed E-state index contributed by atoms with van der Waals surface area (Å²) in [5.74, 6) is 0.748. The zero-order valence-electron chi connectivity index (χ0n) is 22.9. The zero-order valence-corrected chi connectivity index (χ0v) is 24.7. The number of rotatable bonds is 10. The molecule has 0 amide bonds. The van der Waals surface area contributed by atoms with Gasteiger partial charge in [0.1, 0.15) is 35.8 Å². The molecule has 210 valence electrons. The maximum absolute atomic E-state index is 14.1. The molecule has 1 saturated heterocycles. The summed E-state index contributed by atoms with van der Waals surface area (Å²) < 4.78 is 45.9. The molecule has 1 aliphatic rings. The Labute approximate surface area is 229 Å². The summed E-state index contributed by atoms with van der Waals surface area (Å²) >= 11 is 0. The van der Waals surface area contributed by atoms with E-state index in [2.05, 4.69) is 38.8 Å². The lowest BCUT2D eigenvalue weighted by molar-refractivity contribution is -0.0420. The van der Waals surface area contributed by atoms with Crippen LogP contribution >= 0.6 is 7.82 Å². The predicted molar refractivity (Wildman–Crippen MR) is 151 cm³/mol. The van der Waals surface area contributed by atoms with E-state index in [0.29, 0.717) is 11.5 Å². The number of phosphoric acid groups is 1. The van der Waals surface area contributed by atoms with Crippen LogP contribution in [-0.2, 0) is 18.3 Å². The molecule has 2 N–H and O–H groups in total. The van der Waals surface area contributed by atoms with Gasteiger partial charge < -0.3 is 23.9 Å². The molecule has 1 aliphatic heterocycles. The normalized spacial score (nSPS) is 20.1. The van der Waals surface area contributed by atoms with Crippen molar-refractivity contribution in [2.24, 2.45) is 0 Å². The van der Waals surface area contributed by atoms with Crippen LogP contribution in [0.3, 0.4) is 0 Å². The molecule has 4 rings (SSSR count). The number of phosphoric ester groups is 1. The van der Waals surface area contributed by atoms with Crippen LogP contribution in [0.15, 0.2) is 77.7 Å². The molecule has 0 aliphatic carbocycles. The van der Waals surface area contributed by atoms with Crippen LogP contribution in [0, 0.1) is 0 Å². The highest BCUT2D eigenvalue weighted by molar-refractivity contribution is 7.49. The number of hydrogen-bond donors (Lipinski definition) is 1. The standard InChI is InChI=1S/C27H36N3O7PSi/c1-27(2,3)39(4,5)33-19-23-22(18-25(34-23)30-17-16-24(28)29-26(30)31)37-38(32,35-20-12-8-6-9-13-20)36-21-14-10-7-11-15-21/h6-17,22-23,25H,18-19H2,1-5H3,(H2,28,29,31)/t22-,23+,25+/m0/s1. The van der Waals surface area contributed by atoms with E-state index in [1.165, 1.54) is 16.8 Å². The second-order valence-electron chi connectivity index (χ2n) is 10.9. The van der Waals surface area contributed by atoms with Gasteiger partial charge in [0.25, 0.3) is 0 Å². The van der Waals surface area contributed by atoms with Gasteiger partial charge in [-0.2, -0.15) is 4.98 Å². The van der Waals surface area contributed by atoms with Crippen LogP contribution in [0.25, 0.3) is 0 Å². The number of nitrogen functional groups attached to an aromatic ring is 1. The molecule has 3 aromatic rings. The molecule has 0 saturated carbocycles. The summed E-state index contributed by atoms with van der Waals surface area (Å²) in [5, 5.41) is -0.0404. The molecule has 1 aromatic heterocycles. The second-order valence-corrected chi connectivity index (χ2v) is 17.2. The Morgan fingerprint density at radius 3 is 2.10 bits per heavy atom. The second kappa shape index (κ2) is 11.7. The minimum atomic E-state index is -4.23. The van der Waals surface area contributed by atoms with Gasteiger partial charge in [-0.15, -0.1) is 0 Å². The van der Waals surface area contributed by atoms with Crippen molar-refractivity contribution < 1.29 is 27.3 Å². The van der Waals surface area contributed by atoms with Crippen LogP contribution in [0.1, 0.15) is 33.4 Å². The molecule has 2 heterocycles. The zero-order chi connectivity index (χ0) is 28.3. The highest BCUT2D eigenvalue weighted by Gasteiger charge is 2.46. The number of benzene rings is 2. The number of anilines is 1. The van der Waals surface area contributed by atoms with Gasteiger partial charge in [-0.3, -0.25) is 9.09 Å². The first-order valence-corrected chi connectivity index (χ1v) is 17.1. The third-order valence-corrected chi connectivity index (χ3v) is 12.8. The van der Waals surface area contributed by atoms with Gasteiger partial charge in [0, 0.05) is 12.6 Å². The average molecular weight is 574 g/mol. The van der Waals surface area contributed by atoms with E-state index in [0.717, 1.165) is 0 Å². The summed E-state index contributed by atoms with van der Waals surface area (Å²) in [5.41, 5.74) is 5.11. The highest BCUT2D eigenvalue weighted by atomic mass is 31.2. The van der Waals surface area contributed by atoms with Crippen molar-refractivity contribution in [1.29, 1.82) is 0 Å². The molecule has 2 aromatic carbocycles. The van der Waals surface area contributed by atoms with Crippen LogP contribution in [0.2, 0.25) is 18.1 Å². The summed E-state index contributed by atoms with van der Waals surface area (Å²) in [6.07, 6.45) is -0.505. The van der Waals surface area contributed by atoms with Gasteiger partial charge in [-0.1, -0.05) is 57.2 Å². The topological polar surface area (TPSA) is 124 Å². The third-order valence-electron chi connectivity index (χ3n) is 6.94. The molecule has 0 bridgehead atoms. The lowest BCUT2D eigenvalue weighted by Crippen LogP contribution is -2.44. The van der Waals surface area contributed by atoms with Crippen molar-refractivity contribution in [1.82, 2.24) is 9.55 Å². The van der Waals surface area contributed by atoms with E-state index >= 15 is 0 Å². The van der Waals surface area contributed by atoms with Crippen molar-refractivity contribution in [3.05, 3.63) is 83.4 Å². The largest absolute Gasteiger partial charge is 0.587 e. The number of aromatic nitrogens is 2. The minimum Gasteiger partial charge on any atom is -0.414 e. The fraction of sp³-hybridized carbons (Fsp3) is 0.407. The van der Waals surface area contributed by atoms with Gasteiger partial charge in [0.15, 0.2) is 8.32 Å². The van der Waals surface area contributed by atoms with Crippen LogP contribution < -0.4 is 20.5 Å². The fourth-order valence-electron chi connectivity index (χ4n) is 3.73. The molecule has 12 heteroatoms. The lowest BCUT2D eigenvalue weighted by atomic mass is 10.2. The van der Waals surface area contributed by atoms with Crippen LogP contribution in [-0.4, -0.2) is 36.7 Å². The minimum absolute atomic E-state index is 0.0404. The first-order chi connectivity index (χ1) is 18.4. The van der Waals surface area contributed by atoms with E-state index in [9.17, 15) is 9.36 Å². The van der Waals surface area contributed by atoms with Crippen molar-refractivity contribution >= 4 is 22.0 Å². The maximum Gasteiger partial charge on any atom is 0.587 e. The molecule has 0 unspecified atom stereocenters. The smallest absolute Gasteiger partial charge is 0.414 e. The summed E-state index contributed by atoms with van der Waals surface area (Å²) in [7, 11) is -6.40. The van der Waals surface area contributed by atoms with Gasteiger partial charge in [-0.25, -0.2) is 9.36 Å². The first-order valence-electron chi connectivity index (χ1n) is 12.8. The van der Waals surface area contributed by atoms with Crippen LogP contribution in [0.4, 0.5) is 5.82 Å². The number of ether oxygens (including phenoxy) is 1. The number of nitrogens with two attached hydrogens (primary N) is 1. The maximum atomic E-state index is 14.1. The quantitative estimate of drug-likeness (QED) is 0.237. The van der Waals surface area contributed by atoms with Gasteiger partial charge in [0.05, 0.1) is 6.61 Å². The Morgan fingerprint density at radius 1 is 1.03 bits per heavy atom. The number of para-hydroxylation sites is 2. The summed E-state index contributed by atoms with van der Waals surface area (Å²) in [6, 6.07) is 18.8. The van der Waals surface area contributed by atoms with Crippen molar-refractivity contribution in [3.8, 4) is 11.5 Å². The third kappa shape index (κ3) is 7.37. The van der Waals surface area contributed by atoms with Crippen molar-refractivity contribution in [3.63, 3.8) is 0 Å². The highest BCUT2D eigenvalue weighted by Crippen LogP contribution is 2.53. The molecule has 3 atom stereocenters. The first kappa shape index (κ1) is 29.0. The van der Waals surface area contributed by atoms with Crippen molar-refractivity contribution in [2.75, 3.05) is 12.3 Å². The summed E-state index contributed by atoms with van der Waals surface area (Å²) in [4.78, 5) is 16.4. The fourth-order valence-corrected chi connectivity index (χ4v) is 6.18. The molecule has 10 nitrogen and oxygen atoms in total. The summed E-state index contributed by atoms with van der Waals surface area (Å²) in [6.45, 7) is 10.9. The molecule has 1 fully saturated rings.